The van der Waals surface area contributed by atoms with Crippen LogP contribution in [0.25, 0.3) is 10.2 Å². The van der Waals surface area contributed by atoms with Crippen molar-refractivity contribution in [2.24, 2.45) is 0 Å². The van der Waals surface area contributed by atoms with Gasteiger partial charge in [0.2, 0.25) is 0 Å². The lowest BCUT2D eigenvalue weighted by atomic mass is 10.2. The van der Waals surface area contributed by atoms with Gasteiger partial charge in [-0.05, 0) is 45.7 Å². The Morgan fingerprint density at radius 3 is 2.75 bits per heavy atom. The van der Waals surface area contributed by atoms with Crippen LogP contribution < -0.4 is 10.9 Å². The van der Waals surface area contributed by atoms with Crippen molar-refractivity contribution in [2.45, 2.75) is 53.2 Å². The first-order chi connectivity index (χ1) is 11.3. The number of fused-ring (bicyclic) bond motifs is 1. The van der Waals surface area contributed by atoms with Crippen LogP contribution in [0.3, 0.4) is 0 Å². The molecule has 0 unspecified atom stereocenters. The maximum atomic E-state index is 12.4. The topological polar surface area (TPSA) is 75.6 Å². The highest BCUT2D eigenvalue weighted by Crippen LogP contribution is 2.26. The lowest BCUT2D eigenvalue weighted by molar-refractivity contribution is 0.404. The number of aryl methyl sites for hydroxylation is 3. The molecule has 0 bridgehead atoms. The van der Waals surface area contributed by atoms with Crippen molar-refractivity contribution in [3.63, 3.8) is 0 Å². The van der Waals surface area contributed by atoms with E-state index in [0.717, 1.165) is 27.4 Å². The first-order valence-corrected chi connectivity index (χ1v) is 8.92. The number of rotatable bonds is 5. The molecule has 3 heterocycles. The summed E-state index contributed by atoms with van der Waals surface area (Å²) in [6.45, 7) is 10.9. The zero-order valence-electron chi connectivity index (χ0n) is 14.7. The third-order valence-electron chi connectivity index (χ3n) is 4.23. The minimum absolute atomic E-state index is 0.0449. The molecule has 0 aliphatic carbocycles. The van der Waals surface area contributed by atoms with Crippen LogP contribution in [0.15, 0.2) is 17.2 Å². The Kier molecular flexibility index (Phi) is 4.56. The summed E-state index contributed by atoms with van der Waals surface area (Å²) in [5.41, 5.74) is 2.12. The molecule has 0 saturated heterocycles. The number of hydrogen-bond donors (Lipinski definition) is 2. The second kappa shape index (κ2) is 6.49. The van der Waals surface area contributed by atoms with Crippen molar-refractivity contribution in [1.82, 2.24) is 25.1 Å². The van der Waals surface area contributed by atoms with E-state index in [9.17, 15) is 4.79 Å². The summed E-state index contributed by atoms with van der Waals surface area (Å²) >= 11 is 1.58. The largest absolute Gasteiger partial charge is 0.309 e. The molecule has 0 amide bonds. The summed E-state index contributed by atoms with van der Waals surface area (Å²) < 4.78 is 1.92. The number of H-pyrrole nitrogens is 1. The van der Waals surface area contributed by atoms with Gasteiger partial charge >= 0.3 is 0 Å². The molecule has 2 N–H and O–H groups in total. The number of hydrogen-bond acceptors (Lipinski definition) is 5. The van der Waals surface area contributed by atoms with Gasteiger partial charge in [0.25, 0.3) is 5.56 Å². The number of thiophene rings is 1. The van der Waals surface area contributed by atoms with Crippen LogP contribution in [0.1, 0.15) is 41.7 Å². The van der Waals surface area contributed by atoms with Gasteiger partial charge < -0.3 is 10.3 Å². The molecular weight excluding hydrogens is 322 g/mol. The van der Waals surface area contributed by atoms with Crippen LogP contribution in [0, 0.1) is 20.8 Å². The average molecular weight is 345 g/mol. The highest BCUT2D eigenvalue weighted by atomic mass is 32.1. The first kappa shape index (κ1) is 16.9. The van der Waals surface area contributed by atoms with Gasteiger partial charge in [0.1, 0.15) is 10.7 Å². The number of nitrogens with zero attached hydrogens (tertiary/aromatic N) is 3. The fourth-order valence-electron chi connectivity index (χ4n) is 2.88. The lowest BCUT2D eigenvalue weighted by Crippen LogP contribution is -2.34. The minimum atomic E-state index is -0.0548. The maximum absolute atomic E-state index is 12.4. The molecule has 0 radical (unpaired) electrons. The third-order valence-corrected chi connectivity index (χ3v) is 5.33. The molecule has 0 aromatic carbocycles. The molecule has 2 atom stereocenters. The van der Waals surface area contributed by atoms with Crippen LogP contribution in [0.5, 0.6) is 0 Å². The van der Waals surface area contributed by atoms with Gasteiger partial charge in [-0.1, -0.05) is 0 Å². The van der Waals surface area contributed by atoms with Crippen molar-refractivity contribution in [1.29, 1.82) is 0 Å². The van der Waals surface area contributed by atoms with Gasteiger partial charge in [0.05, 0.1) is 24.2 Å². The summed E-state index contributed by atoms with van der Waals surface area (Å²) in [7, 11) is 0. The fourth-order valence-corrected chi connectivity index (χ4v) is 3.92. The van der Waals surface area contributed by atoms with Crippen molar-refractivity contribution in [3.05, 3.63) is 44.6 Å². The van der Waals surface area contributed by atoms with E-state index in [2.05, 4.69) is 27.3 Å². The smallest absolute Gasteiger partial charge is 0.259 e. The Morgan fingerprint density at radius 2 is 2.08 bits per heavy atom. The lowest BCUT2D eigenvalue weighted by Gasteiger charge is -2.19. The molecule has 7 heteroatoms. The van der Waals surface area contributed by atoms with Gasteiger partial charge in [-0.15, -0.1) is 11.3 Å². The van der Waals surface area contributed by atoms with Crippen LogP contribution >= 0.6 is 11.3 Å². The Bertz CT molecular complexity index is 923. The molecule has 0 aliphatic heterocycles. The molecule has 6 nitrogen and oxygen atoms in total. The average Bonchev–Trinajstić information content (AvgIpc) is 3.02. The van der Waals surface area contributed by atoms with E-state index in [1.54, 1.807) is 11.3 Å². The second-order valence-electron chi connectivity index (χ2n) is 6.44. The summed E-state index contributed by atoms with van der Waals surface area (Å²) in [5.74, 6) is 0.678. The Balaban J connectivity index is 1.78. The number of nitrogens with one attached hydrogen (secondary N) is 2. The van der Waals surface area contributed by atoms with Gasteiger partial charge in [-0.25, -0.2) is 4.98 Å². The fraction of sp³-hybridized carbons (Fsp3) is 0.471. The molecule has 3 aromatic heterocycles. The van der Waals surface area contributed by atoms with Crippen LogP contribution in [0.2, 0.25) is 0 Å². The van der Waals surface area contributed by atoms with Crippen LogP contribution in [-0.4, -0.2) is 25.8 Å². The van der Waals surface area contributed by atoms with E-state index in [-0.39, 0.29) is 17.6 Å². The van der Waals surface area contributed by atoms with Crippen molar-refractivity contribution in [3.8, 4) is 0 Å². The van der Waals surface area contributed by atoms with Gasteiger partial charge in [-0.3, -0.25) is 9.48 Å². The number of aromatic amines is 1. The van der Waals surface area contributed by atoms with E-state index in [4.69, 9.17) is 0 Å². The molecule has 3 rings (SSSR count). The number of aromatic nitrogens is 4. The SMILES string of the molecule is Cc1cnn(C[C@H](C)N[C@H](C)c2nc3sc(C)c(C)c3c(=O)[nH]2)c1. The normalized spacial score (nSPS) is 14.2. The molecule has 128 valence electrons. The van der Waals surface area contributed by atoms with Crippen molar-refractivity contribution >= 4 is 21.6 Å². The summed E-state index contributed by atoms with van der Waals surface area (Å²) in [6, 6.07) is 0.156. The highest BCUT2D eigenvalue weighted by molar-refractivity contribution is 7.18. The molecule has 0 aliphatic rings. The summed E-state index contributed by atoms with van der Waals surface area (Å²) in [6.07, 6.45) is 3.87. The van der Waals surface area contributed by atoms with E-state index in [0.29, 0.717) is 11.2 Å². The van der Waals surface area contributed by atoms with Gasteiger partial charge in [0, 0.05) is 17.1 Å². The quantitative estimate of drug-likeness (QED) is 0.745. The molecular formula is C17H23N5OS. The zero-order valence-corrected chi connectivity index (χ0v) is 15.5. The zero-order chi connectivity index (χ0) is 17.4. The molecule has 0 fully saturated rings. The summed E-state index contributed by atoms with van der Waals surface area (Å²) in [5, 5.41) is 8.50. The van der Waals surface area contributed by atoms with Crippen molar-refractivity contribution < 1.29 is 0 Å². The maximum Gasteiger partial charge on any atom is 0.259 e. The van der Waals surface area contributed by atoms with Crippen LogP contribution in [0.4, 0.5) is 0 Å². The molecule has 0 saturated carbocycles. The monoisotopic (exact) mass is 345 g/mol. The molecule has 24 heavy (non-hydrogen) atoms. The van der Waals surface area contributed by atoms with E-state index < -0.39 is 0 Å². The van der Waals surface area contributed by atoms with Crippen LogP contribution in [-0.2, 0) is 6.54 Å². The second-order valence-corrected chi connectivity index (χ2v) is 7.65. The predicted octanol–water partition coefficient (Wildman–Crippen LogP) is 2.85. The Labute approximate surface area is 144 Å². The van der Waals surface area contributed by atoms with Gasteiger partial charge in [0.15, 0.2) is 0 Å². The standard InChI is InChI=1S/C17H23N5OS/c1-9-6-18-22(7-9)8-10(2)19-12(4)15-20-16(23)14-11(3)13(5)24-17(14)21-15/h6-7,10,12,19H,8H2,1-5H3,(H,20,21,23)/t10-,12+/m0/s1. The Morgan fingerprint density at radius 1 is 1.33 bits per heavy atom. The van der Waals surface area contributed by atoms with E-state index in [1.807, 2.05) is 44.8 Å². The third kappa shape index (κ3) is 3.27. The van der Waals surface area contributed by atoms with E-state index in [1.165, 1.54) is 0 Å². The molecule has 3 aromatic rings. The Hall–Kier alpha value is -1.99. The van der Waals surface area contributed by atoms with Crippen molar-refractivity contribution in [2.75, 3.05) is 0 Å². The highest BCUT2D eigenvalue weighted by Gasteiger charge is 2.16. The van der Waals surface area contributed by atoms with E-state index >= 15 is 0 Å². The minimum Gasteiger partial charge on any atom is -0.309 e. The predicted molar refractivity (Wildman–Crippen MR) is 97.7 cm³/mol. The first-order valence-electron chi connectivity index (χ1n) is 8.10. The summed E-state index contributed by atoms with van der Waals surface area (Å²) in [4.78, 5) is 21.9. The molecule has 0 spiro atoms. The van der Waals surface area contributed by atoms with Gasteiger partial charge in [-0.2, -0.15) is 5.10 Å².